The smallest absolute Gasteiger partial charge is 0.343 e. The molecule has 7 heteroatoms. The molecule has 0 aliphatic rings. The van der Waals surface area contributed by atoms with Crippen molar-refractivity contribution in [2.45, 2.75) is 0 Å². The van der Waals surface area contributed by atoms with Gasteiger partial charge in [-0.15, -0.1) is 0 Å². The number of halogens is 1. The van der Waals surface area contributed by atoms with Crippen LogP contribution in [-0.4, -0.2) is 39.4 Å². The predicted molar refractivity (Wildman–Crippen MR) is 69.2 cm³/mol. The van der Waals surface area contributed by atoms with Crippen molar-refractivity contribution in [3.8, 4) is 11.5 Å². The molecule has 0 saturated heterocycles. The Bertz CT molecular complexity index is 460. The molecule has 0 radical (unpaired) electrons. The van der Waals surface area contributed by atoms with Crippen LogP contribution in [0.5, 0.6) is 11.5 Å². The van der Waals surface area contributed by atoms with Gasteiger partial charge in [-0.3, -0.25) is 0 Å². The molecule has 0 aliphatic heterocycles. The second-order valence-electron chi connectivity index (χ2n) is 3.32. The summed E-state index contributed by atoms with van der Waals surface area (Å²) in [6.07, 6.45) is 0. The molecule has 0 saturated carbocycles. The first kappa shape index (κ1) is 15.3. The molecule has 0 bridgehead atoms. The first-order chi connectivity index (χ1) is 9.06. The van der Waals surface area contributed by atoms with Gasteiger partial charge in [-0.25, -0.2) is 9.59 Å². The maximum Gasteiger partial charge on any atom is 0.343 e. The number of rotatable bonds is 6. The zero-order valence-corrected chi connectivity index (χ0v) is 12.1. The van der Waals surface area contributed by atoms with Crippen LogP contribution in [0.2, 0.25) is 0 Å². The van der Waals surface area contributed by atoms with Crippen LogP contribution in [0.25, 0.3) is 0 Å². The van der Waals surface area contributed by atoms with E-state index in [1.165, 1.54) is 14.2 Å². The molecule has 0 heterocycles. The molecule has 0 spiro atoms. The van der Waals surface area contributed by atoms with Gasteiger partial charge in [0.05, 0.1) is 18.7 Å². The van der Waals surface area contributed by atoms with Crippen molar-refractivity contribution >= 4 is 27.9 Å². The third-order valence-corrected chi connectivity index (χ3v) is 2.68. The fourth-order valence-corrected chi connectivity index (χ4v) is 1.56. The monoisotopic (exact) mass is 332 g/mol. The van der Waals surface area contributed by atoms with Crippen LogP contribution in [0.4, 0.5) is 0 Å². The Hall–Kier alpha value is -1.76. The summed E-state index contributed by atoms with van der Waals surface area (Å²) in [4.78, 5) is 21.8. The lowest BCUT2D eigenvalue weighted by Crippen LogP contribution is -2.13. The maximum atomic E-state index is 10.9. The zero-order valence-electron chi connectivity index (χ0n) is 10.5. The number of esters is 2. The summed E-state index contributed by atoms with van der Waals surface area (Å²) in [5, 5.41) is 0. The van der Waals surface area contributed by atoms with Gasteiger partial charge in [-0.2, -0.15) is 0 Å². The van der Waals surface area contributed by atoms with E-state index >= 15 is 0 Å². The van der Waals surface area contributed by atoms with Gasteiger partial charge < -0.3 is 18.9 Å². The molecule has 0 atom stereocenters. The van der Waals surface area contributed by atoms with Gasteiger partial charge in [0, 0.05) is 0 Å². The van der Waals surface area contributed by atoms with Crippen LogP contribution < -0.4 is 9.47 Å². The standard InChI is InChI=1S/C12H13BrO6/c1-16-11(14)6-18-8-3-4-10(9(13)5-8)19-7-12(15)17-2/h3-5H,6-7H2,1-2H3. The minimum atomic E-state index is -0.474. The summed E-state index contributed by atoms with van der Waals surface area (Å²) < 4.78 is 19.9. The van der Waals surface area contributed by atoms with Crippen molar-refractivity contribution in [2.75, 3.05) is 27.4 Å². The van der Waals surface area contributed by atoms with Crippen molar-refractivity contribution in [1.29, 1.82) is 0 Å². The molecular weight excluding hydrogens is 320 g/mol. The predicted octanol–water partition coefficient (Wildman–Crippen LogP) is 1.55. The molecule has 0 amide bonds. The number of hydrogen-bond donors (Lipinski definition) is 0. The maximum absolute atomic E-state index is 10.9. The average molecular weight is 333 g/mol. The Balaban J connectivity index is 2.59. The van der Waals surface area contributed by atoms with E-state index in [1.54, 1.807) is 18.2 Å². The lowest BCUT2D eigenvalue weighted by molar-refractivity contribution is -0.143. The van der Waals surface area contributed by atoms with Crippen molar-refractivity contribution in [2.24, 2.45) is 0 Å². The molecule has 0 aliphatic carbocycles. The minimum absolute atomic E-state index is 0.175. The van der Waals surface area contributed by atoms with Crippen LogP contribution in [0.3, 0.4) is 0 Å². The second kappa shape index (κ2) is 7.63. The average Bonchev–Trinajstić information content (AvgIpc) is 2.43. The summed E-state index contributed by atoms with van der Waals surface area (Å²) in [7, 11) is 2.57. The van der Waals surface area contributed by atoms with Crippen LogP contribution in [0.15, 0.2) is 22.7 Å². The minimum Gasteiger partial charge on any atom is -0.482 e. The summed E-state index contributed by atoms with van der Waals surface area (Å²) in [6, 6.07) is 4.84. The van der Waals surface area contributed by atoms with Gasteiger partial charge in [0.25, 0.3) is 0 Å². The molecule has 19 heavy (non-hydrogen) atoms. The highest BCUT2D eigenvalue weighted by Gasteiger charge is 2.08. The normalized spacial score (nSPS) is 9.63. The molecule has 0 unspecified atom stereocenters. The van der Waals surface area contributed by atoms with Gasteiger partial charge in [-0.05, 0) is 34.1 Å². The van der Waals surface area contributed by atoms with Crippen LogP contribution >= 0.6 is 15.9 Å². The quantitative estimate of drug-likeness (QED) is 0.736. The largest absolute Gasteiger partial charge is 0.482 e. The number of methoxy groups -OCH3 is 2. The van der Waals surface area contributed by atoms with E-state index in [1.807, 2.05) is 0 Å². The van der Waals surface area contributed by atoms with Gasteiger partial charge >= 0.3 is 11.9 Å². The molecule has 104 valence electrons. The number of carbonyl (C=O) groups is 2. The van der Waals surface area contributed by atoms with Crippen molar-refractivity contribution < 1.29 is 28.5 Å². The van der Waals surface area contributed by atoms with Crippen molar-refractivity contribution in [3.05, 3.63) is 22.7 Å². The third-order valence-electron chi connectivity index (χ3n) is 2.06. The highest BCUT2D eigenvalue weighted by Crippen LogP contribution is 2.29. The van der Waals surface area contributed by atoms with Crippen LogP contribution in [0.1, 0.15) is 0 Å². The first-order valence-corrected chi connectivity index (χ1v) is 6.05. The third kappa shape index (κ3) is 5.17. The Labute approximate surface area is 118 Å². The molecule has 1 rings (SSSR count). The Morgan fingerprint density at radius 3 is 2.16 bits per heavy atom. The fourth-order valence-electron chi connectivity index (χ4n) is 1.09. The molecule has 0 aromatic heterocycles. The highest BCUT2D eigenvalue weighted by molar-refractivity contribution is 9.10. The van der Waals surface area contributed by atoms with Gasteiger partial charge in [0.2, 0.25) is 0 Å². The second-order valence-corrected chi connectivity index (χ2v) is 4.18. The summed E-state index contributed by atoms with van der Waals surface area (Å²) in [5.41, 5.74) is 0. The van der Waals surface area contributed by atoms with Crippen molar-refractivity contribution in [3.63, 3.8) is 0 Å². The van der Waals surface area contributed by atoms with E-state index in [4.69, 9.17) is 9.47 Å². The molecular formula is C12H13BrO6. The zero-order chi connectivity index (χ0) is 14.3. The number of benzene rings is 1. The highest BCUT2D eigenvalue weighted by atomic mass is 79.9. The number of carbonyl (C=O) groups excluding carboxylic acids is 2. The summed E-state index contributed by atoms with van der Waals surface area (Å²) in [5.74, 6) is -0.00132. The topological polar surface area (TPSA) is 71.1 Å². The van der Waals surface area contributed by atoms with Gasteiger partial charge in [0.1, 0.15) is 11.5 Å². The van der Waals surface area contributed by atoms with Gasteiger partial charge in [0.15, 0.2) is 13.2 Å². The van der Waals surface area contributed by atoms with Gasteiger partial charge in [-0.1, -0.05) is 0 Å². The van der Waals surface area contributed by atoms with Crippen LogP contribution in [0, 0.1) is 0 Å². The van der Waals surface area contributed by atoms with Crippen molar-refractivity contribution in [1.82, 2.24) is 0 Å². The van der Waals surface area contributed by atoms with E-state index in [-0.39, 0.29) is 13.2 Å². The Morgan fingerprint density at radius 1 is 1.05 bits per heavy atom. The van der Waals surface area contributed by atoms with Crippen LogP contribution in [-0.2, 0) is 19.1 Å². The molecule has 0 N–H and O–H groups in total. The van der Waals surface area contributed by atoms with E-state index in [0.29, 0.717) is 16.0 Å². The SMILES string of the molecule is COC(=O)COc1ccc(OCC(=O)OC)c(Br)c1. The summed E-state index contributed by atoms with van der Waals surface area (Å²) in [6.45, 7) is -0.358. The molecule has 6 nitrogen and oxygen atoms in total. The summed E-state index contributed by atoms with van der Waals surface area (Å²) >= 11 is 3.27. The lowest BCUT2D eigenvalue weighted by atomic mass is 10.3. The fraction of sp³-hybridized carbons (Fsp3) is 0.333. The Kier molecular flexibility index (Phi) is 6.14. The molecule has 1 aromatic carbocycles. The Morgan fingerprint density at radius 2 is 1.63 bits per heavy atom. The van der Waals surface area contributed by atoms with E-state index in [2.05, 4.69) is 25.4 Å². The first-order valence-electron chi connectivity index (χ1n) is 5.25. The molecule has 1 aromatic rings. The van der Waals surface area contributed by atoms with E-state index < -0.39 is 11.9 Å². The molecule has 0 fully saturated rings. The lowest BCUT2D eigenvalue weighted by Gasteiger charge is -2.09. The number of hydrogen-bond acceptors (Lipinski definition) is 6. The van der Waals surface area contributed by atoms with E-state index in [0.717, 1.165) is 0 Å². The van der Waals surface area contributed by atoms with E-state index in [9.17, 15) is 9.59 Å². The number of ether oxygens (including phenoxy) is 4.